The van der Waals surface area contributed by atoms with Gasteiger partial charge in [-0.15, -0.1) is 0 Å². The van der Waals surface area contributed by atoms with Gasteiger partial charge in [-0.25, -0.2) is 4.79 Å². The van der Waals surface area contributed by atoms with E-state index >= 15 is 0 Å². The van der Waals surface area contributed by atoms with Crippen molar-refractivity contribution in [2.75, 3.05) is 25.0 Å². The number of carbonyl (C=O) groups excluding carboxylic acids is 3. The summed E-state index contributed by atoms with van der Waals surface area (Å²) in [5, 5.41) is 2.87. The minimum absolute atomic E-state index is 0.0635. The predicted octanol–water partition coefficient (Wildman–Crippen LogP) is 5.23. The van der Waals surface area contributed by atoms with Crippen molar-refractivity contribution in [2.24, 2.45) is 5.92 Å². The first-order valence-electron chi connectivity index (χ1n) is 13.1. The van der Waals surface area contributed by atoms with Gasteiger partial charge < -0.3 is 20.0 Å². The van der Waals surface area contributed by atoms with E-state index in [1.807, 2.05) is 64.4 Å². The predicted molar refractivity (Wildman–Crippen MR) is 147 cm³/mol. The Morgan fingerprint density at radius 1 is 1.05 bits per heavy atom. The fourth-order valence-electron chi connectivity index (χ4n) is 5.18. The zero-order chi connectivity index (χ0) is 25.9. The van der Waals surface area contributed by atoms with Crippen LogP contribution in [-0.4, -0.2) is 58.2 Å². The topological polar surface area (TPSA) is 73.0 Å². The third kappa shape index (κ3) is 5.54. The maximum atomic E-state index is 13.3. The molecular weight excluding hydrogens is 484 g/mol. The van der Waals surface area contributed by atoms with Crippen molar-refractivity contribution in [1.82, 2.24) is 14.7 Å². The molecule has 2 aromatic carbocycles. The van der Waals surface area contributed by atoms with Gasteiger partial charge in [0.25, 0.3) is 5.91 Å². The molecule has 1 unspecified atom stereocenters. The maximum Gasteiger partial charge on any atom is 0.322 e. The van der Waals surface area contributed by atoms with Crippen LogP contribution in [0.4, 0.5) is 10.5 Å². The lowest BCUT2D eigenvalue weighted by Gasteiger charge is -2.40. The number of carbonyl (C=O) groups is 3. The molecule has 3 heterocycles. The number of para-hydroxylation sites is 1. The van der Waals surface area contributed by atoms with Crippen molar-refractivity contribution >= 4 is 35.3 Å². The lowest BCUT2D eigenvalue weighted by Crippen LogP contribution is -2.50. The van der Waals surface area contributed by atoms with Crippen LogP contribution in [0, 0.1) is 5.92 Å². The number of amides is 4. The Morgan fingerprint density at radius 2 is 1.76 bits per heavy atom. The molecule has 37 heavy (non-hydrogen) atoms. The van der Waals surface area contributed by atoms with Gasteiger partial charge >= 0.3 is 6.03 Å². The molecule has 2 saturated heterocycles. The second-order valence-corrected chi connectivity index (χ2v) is 11.5. The van der Waals surface area contributed by atoms with E-state index in [9.17, 15) is 14.4 Å². The van der Waals surface area contributed by atoms with E-state index in [4.69, 9.17) is 0 Å². The standard InChI is InChI=1S/C29H34N4O3S/c1-20(2)12-17-32-27(35)25(37-28(32)21-8-4-3-5-9-21)18-26(34)31-15-13-23(14-16-31)33-19-22-10-6-7-11-24(22)30-29(33)36/h3-11,18,20,23,28H,12-17,19H2,1-2H3,(H,30,36). The third-order valence-corrected chi connectivity index (χ3v) is 8.65. The number of thioether (sulfide) groups is 1. The first-order chi connectivity index (χ1) is 17.9. The fraction of sp³-hybridized carbons (Fsp3) is 0.414. The van der Waals surface area contributed by atoms with Crippen LogP contribution >= 0.6 is 11.8 Å². The van der Waals surface area contributed by atoms with E-state index in [0.717, 1.165) is 36.1 Å². The lowest BCUT2D eigenvalue weighted by molar-refractivity contribution is -0.129. The molecule has 8 heteroatoms. The molecule has 1 atom stereocenters. The number of anilines is 1. The zero-order valence-corrected chi connectivity index (χ0v) is 22.2. The molecule has 2 aromatic rings. The van der Waals surface area contributed by atoms with Crippen LogP contribution < -0.4 is 5.32 Å². The smallest absolute Gasteiger partial charge is 0.322 e. The quantitative estimate of drug-likeness (QED) is 0.532. The molecule has 0 radical (unpaired) electrons. The Balaban J connectivity index is 1.23. The third-order valence-electron chi connectivity index (χ3n) is 7.36. The maximum absolute atomic E-state index is 13.3. The molecule has 7 nitrogen and oxygen atoms in total. The summed E-state index contributed by atoms with van der Waals surface area (Å²) in [6, 6.07) is 17.9. The highest BCUT2D eigenvalue weighted by Crippen LogP contribution is 2.45. The Labute approximate surface area is 222 Å². The molecule has 0 aromatic heterocycles. The number of hydrogen-bond acceptors (Lipinski definition) is 4. The van der Waals surface area contributed by atoms with E-state index in [0.29, 0.717) is 37.0 Å². The van der Waals surface area contributed by atoms with E-state index in [2.05, 4.69) is 19.2 Å². The van der Waals surface area contributed by atoms with Crippen LogP contribution in [0.15, 0.2) is 65.6 Å². The van der Waals surface area contributed by atoms with Crippen LogP contribution in [0.2, 0.25) is 0 Å². The monoisotopic (exact) mass is 518 g/mol. The molecule has 3 aliphatic rings. The summed E-state index contributed by atoms with van der Waals surface area (Å²) in [5.41, 5.74) is 3.05. The summed E-state index contributed by atoms with van der Waals surface area (Å²) in [6.45, 7) is 6.69. The summed E-state index contributed by atoms with van der Waals surface area (Å²) in [7, 11) is 0. The minimum Gasteiger partial charge on any atom is -0.339 e. The van der Waals surface area contributed by atoms with Gasteiger partial charge in [0.1, 0.15) is 5.37 Å². The molecule has 194 valence electrons. The summed E-state index contributed by atoms with van der Waals surface area (Å²) in [4.78, 5) is 45.3. The van der Waals surface area contributed by atoms with Crippen molar-refractivity contribution in [2.45, 2.75) is 51.1 Å². The number of fused-ring (bicyclic) bond motifs is 1. The Morgan fingerprint density at radius 3 is 2.49 bits per heavy atom. The van der Waals surface area contributed by atoms with Crippen LogP contribution in [-0.2, 0) is 16.1 Å². The summed E-state index contributed by atoms with van der Waals surface area (Å²) >= 11 is 1.47. The number of piperidine rings is 1. The average molecular weight is 519 g/mol. The first kappa shape index (κ1) is 25.4. The van der Waals surface area contributed by atoms with E-state index in [1.54, 1.807) is 4.90 Å². The van der Waals surface area contributed by atoms with Crippen molar-refractivity contribution in [3.05, 3.63) is 76.7 Å². The van der Waals surface area contributed by atoms with Crippen molar-refractivity contribution < 1.29 is 14.4 Å². The molecule has 3 aliphatic heterocycles. The molecule has 5 rings (SSSR count). The average Bonchev–Trinajstić information content (AvgIpc) is 3.22. The SMILES string of the molecule is CC(C)CCN1C(=O)C(=CC(=O)N2CCC(N3Cc4ccccc4NC3=O)CC2)SC1c1ccccc1. The number of nitrogens with zero attached hydrogens (tertiary/aromatic N) is 3. The highest BCUT2D eigenvalue weighted by molar-refractivity contribution is 8.04. The Kier molecular flexibility index (Phi) is 7.55. The number of hydrogen-bond donors (Lipinski definition) is 1. The molecule has 1 N–H and O–H groups in total. The van der Waals surface area contributed by atoms with E-state index < -0.39 is 0 Å². The second kappa shape index (κ2) is 11.0. The van der Waals surface area contributed by atoms with Crippen LogP contribution in [0.3, 0.4) is 0 Å². The second-order valence-electron chi connectivity index (χ2n) is 10.3. The minimum atomic E-state index is -0.125. The first-order valence-corrected chi connectivity index (χ1v) is 14.0. The zero-order valence-electron chi connectivity index (χ0n) is 21.4. The van der Waals surface area contributed by atoms with Gasteiger partial charge in [0.05, 0.1) is 4.91 Å². The largest absolute Gasteiger partial charge is 0.339 e. The molecule has 4 amide bonds. The van der Waals surface area contributed by atoms with Gasteiger partial charge in [0.2, 0.25) is 5.91 Å². The van der Waals surface area contributed by atoms with Gasteiger partial charge in [0, 0.05) is 44.0 Å². The number of rotatable bonds is 6. The highest BCUT2D eigenvalue weighted by atomic mass is 32.2. The number of nitrogens with one attached hydrogen (secondary N) is 1. The van der Waals surface area contributed by atoms with E-state index in [1.165, 1.54) is 17.8 Å². The van der Waals surface area contributed by atoms with Crippen molar-refractivity contribution in [3.63, 3.8) is 0 Å². The Bertz CT molecular complexity index is 1190. The molecule has 2 fully saturated rings. The van der Waals surface area contributed by atoms with Gasteiger partial charge in [0.15, 0.2) is 0 Å². The summed E-state index contributed by atoms with van der Waals surface area (Å²) < 4.78 is 0. The van der Waals surface area contributed by atoms with Gasteiger partial charge in [-0.2, -0.15) is 0 Å². The summed E-state index contributed by atoms with van der Waals surface area (Å²) in [6.07, 6.45) is 3.89. The fourth-order valence-corrected chi connectivity index (χ4v) is 6.43. The van der Waals surface area contributed by atoms with Crippen molar-refractivity contribution in [3.8, 4) is 0 Å². The normalized spacial score (nSPS) is 21.5. The van der Waals surface area contributed by atoms with E-state index in [-0.39, 0.29) is 29.3 Å². The van der Waals surface area contributed by atoms with Crippen LogP contribution in [0.1, 0.15) is 49.6 Å². The molecule has 0 aliphatic carbocycles. The molecule has 0 spiro atoms. The number of likely N-dealkylation sites (tertiary alicyclic amines) is 1. The van der Waals surface area contributed by atoms with Crippen LogP contribution in [0.25, 0.3) is 0 Å². The molecular formula is C29H34N4O3S. The van der Waals surface area contributed by atoms with Gasteiger partial charge in [-0.1, -0.05) is 74.1 Å². The van der Waals surface area contributed by atoms with Crippen LogP contribution in [0.5, 0.6) is 0 Å². The lowest BCUT2D eigenvalue weighted by atomic mass is 10.0. The summed E-state index contributed by atoms with van der Waals surface area (Å²) in [5.74, 6) is 0.298. The van der Waals surface area contributed by atoms with Gasteiger partial charge in [-0.05, 0) is 42.4 Å². The molecule has 0 saturated carbocycles. The molecule has 0 bridgehead atoms. The number of urea groups is 1. The van der Waals surface area contributed by atoms with Crippen molar-refractivity contribution in [1.29, 1.82) is 0 Å². The number of benzene rings is 2. The van der Waals surface area contributed by atoms with Gasteiger partial charge in [-0.3, -0.25) is 9.59 Å². The highest BCUT2D eigenvalue weighted by Gasteiger charge is 2.38. The Hall–Kier alpha value is -3.26.